The number of halogens is 3. The number of carbonyl (C=O) groups excluding carboxylic acids is 2. The fourth-order valence-corrected chi connectivity index (χ4v) is 4.27. The van der Waals surface area contributed by atoms with Gasteiger partial charge in [-0.3, -0.25) is 14.5 Å². The first kappa shape index (κ1) is 24.9. The van der Waals surface area contributed by atoms with E-state index in [-0.39, 0.29) is 12.6 Å². The van der Waals surface area contributed by atoms with E-state index in [1.54, 1.807) is 25.1 Å². The van der Waals surface area contributed by atoms with Gasteiger partial charge >= 0.3 is 18.1 Å². The van der Waals surface area contributed by atoms with E-state index in [1.807, 2.05) is 6.07 Å². The van der Waals surface area contributed by atoms with Gasteiger partial charge < -0.3 is 19.4 Å². The number of hydrogen-bond acceptors (Lipinski definition) is 6. The molecule has 1 atom stereocenters. The van der Waals surface area contributed by atoms with Crippen LogP contribution in [0.25, 0.3) is 10.9 Å². The number of aromatic nitrogens is 1. The van der Waals surface area contributed by atoms with Gasteiger partial charge in [-0.05, 0) is 38.0 Å². The molecule has 1 fully saturated rings. The quantitative estimate of drug-likeness (QED) is 0.592. The number of nitrogens with zero attached hydrogens (tertiary/aromatic N) is 2. The van der Waals surface area contributed by atoms with Gasteiger partial charge in [0.2, 0.25) is 0 Å². The average molecular weight is 470 g/mol. The molecule has 10 heteroatoms. The summed E-state index contributed by atoms with van der Waals surface area (Å²) < 4.78 is 50.5. The Balaban J connectivity index is 1.61. The zero-order valence-corrected chi connectivity index (χ0v) is 19.1. The highest BCUT2D eigenvalue weighted by Gasteiger charge is 2.30. The highest BCUT2D eigenvalue weighted by atomic mass is 19.4. The number of hydrogen-bond donors (Lipinski definition) is 1. The highest BCUT2D eigenvalue weighted by Crippen LogP contribution is 2.31. The van der Waals surface area contributed by atoms with Crippen LogP contribution in [0.15, 0.2) is 24.3 Å². The van der Waals surface area contributed by atoms with Crippen LogP contribution in [0.1, 0.15) is 32.4 Å². The van der Waals surface area contributed by atoms with E-state index in [0.717, 1.165) is 37.0 Å². The van der Waals surface area contributed by atoms with Crippen molar-refractivity contribution in [2.24, 2.45) is 0 Å². The van der Waals surface area contributed by atoms with Crippen LogP contribution in [-0.2, 0) is 25.6 Å². The first-order valence-electron chi connectivity index (χ1n) is 11.0. The number of ether oxygens (including phenoxy) is 2. The molecule has 1 aliphatic rings. The van der Waals surface area contributed by atoms with Gasteiger partial charge in [-0.2, -0.15) is 13.2 Å². The number of fused-ring (bicyclic) bond motifs is 1. The van der Waals surface area contributed by atoms with Crippen molar-refractivity contribution in [1.29, 1.82) is 0 Å². The highest BCUT2D eigenvalue weighted by molar-refractivity contribution is 5.93. The fourth-order valence-electron chi connectivity index (χ4n) is 4.27. The second-order valence-electron chi connectivity index (χ2n) is 8.48. The number of piperidine rings is 1. The molecule has 0 radical (unpaired) electrons. The van der Waals surface area contributed by atoms with Crippen LogP contribution in [-0.4, -0.2) is 66.0 Å². The van der Waals surface area contributed by atoms with E-state index < -0.39 is 30.8 Å². The molecular formula is C23H30F3N3O4. The smallest absolute Gasteiger partial charge is 0.406 e. The lowest BCUT2D eigenvalue weighted by Crippen LogP contribution is -2.44. The predicted molar refractivity (Wildman–Crippen MR) is 118 cm³/mol. The van der Waals surface area contributed by atoms with Crippen LogP contribution in [0.2, 0.25) is 0 Å². The molecule has 0 spiro atoms. The molecule has 0 saturated carbocycles. The first-order valence-corrected chi connectivity index (χ1v) is 11.0. The lowest BCUT2D eigenvalue weighted by molar-refractivity contribution is -0.157. The summed E-state index contributed by atoms with van der Waals surface area (Å²) in [5, 5.41) is 4.27. The van der Waals surface area contributed by atoms with Crippen molar-refractivity contribution in [3.8, 4) is 0 Å². The molecule has 1 saturated heterocycles. The molecule has 0 amide bonds. The Labute approximate surface area is 190 Å². The predicted octanol–water partition coefficient (Wildman–Crippen LogP) is 3.88. The zero-order valence-electron chi connectivity index (χ0n) is 19.1. The van der Waals surface area contributed by atoms with Gasteiger partial charge in [0.25, 0.3) is 0 Å². The number of likely N-dealkylation sites (tertiary alicyclic amines) is 1. The van der Waals surface area contributed by atoms with Crippen LogP contribution in [0, 0.1) is 6.92 Å². The Hall–Kier alpha value is -2.75. The molecule has 33 heavy (non-hydrogen) atoms. The Morgan fingerprint density at radius 3 is 2.48 bits per heavy atom. The van der Waals surface area contributed by atoms with Crippen LogP contribution < -0.4 is 5.32 Å². The first-order chi connectivity index (χ1) is 15.5. The summed E-state index contributed by atoms with van der Waals surface area (Å²) in [5.41, 5.74) is 1.94. The molecule has 1 aromatic carbocycles. The van der Waals surface area contributed by atoms with Gasteiger partial charge in [0.1, 0.15) is 19.3 Å². The molecule has 182 valence electrons. The summed E-state index contributed by atoms with van der Waals surface area (Å²) in [5.74, 6) is -0.854. The molecular weight excluding hydrogens is 439 g/mol. The largest absolute Gasteiger partial charge is 0.462 e. The average Bonchev–Trinajstić information content (AvgIpc) is 3.02. The molecule has 1 N–H and O–H groups in total. The lowest BCUT2D eigenvalue weighted by Gasteiger charge is -2.34. The maximum Gasteiger partial charge on any atom is 0.406 e. The van der Waals surface area contributed by atoms with Gasteiger partial charge in [-0.25, -0.2) is 0 Å². The summed E-state index contributed by atoms with van der Waals surface area (Å²) in [6.07, 6.45) is -3.18. The molecule has 1 unspecified atom stereocenters. The van der Waals surface area contributed by atoms with E-state index in [9.17, 15) is 22.8 Å². The minimum Gasteiger partial charge on any atom is -0.462 e. The Morgan fingerprint density at radius 1 is 1.18 bits per heavy atom. The van der Waals surface area contributed by atoms with E-state index in [0.29, 0.717) is 17.8 Å². The van der Waals surface area contributed by atoms with Crippen molar-refractivity contribution in [1.82, 2.24) is 9.47 Å². The standard InChI is InChI=1S/C23H30F3N3O4/c1-15-11-20-21(5-4-6-22(20)29(15)14-23(24,25)26)27-18-7-9-28(10-8-18)12-19(33-17(3)31)13-32-16(2)30/h4-6,11,18-19,27H,7-10,12-14H2,1-3H3. The summed E-state index contributed by atoms with van der Waals surface area (Å²) in [6, 6.07) is 7.32. The number of esters is 2. The van der Waals surface area contributed by atoms with Crippen molar-refractivity contribution in [3.63, 3.8) is 0 Å². The summed E-state index contributed by atoms with van der Waals surface area (Å²) in [6.45, 7) is 5.28. The summed E-state index contributed by atoms with van der Waals surface area (Å²) in [4.78, 5) is 24.6. The van der Waals surface area contributed by atoms with E-state index in [2.05, 4.69) is 10.2 Å². The zero-order chi connectivity index (χ0) is 24.2. The minimum absolute atomic E-state index is 0.0172. The SMILES string of the molecule is CC(=O)OCC(CN1CCC(Nc2cccc3c2cc(C)n3CC(F)(F)F)CC1)OC(C)=O. The third kappa shape index (κ3) is 7.12. The van der Waals surface area contributed by atoms with Crippen LogP contribution in [0.3, 0.4) is 0 Å². The maximum atomic E-state index is 13.0. The number of benzene rings is 1. The summed E-state index contributed by atoms with van der Waals surface area (Å²) >= 11 is 0. The monoisotopic (exact) mass is 469 g/mol. The Morgan fingerprint density at radius 2 is 1.88 bits per heavy atom. The van der Waals surface area contributed by atoms with Crippen molar-refractivity contribution < 1.29 is 32.2 Å². The maximum absolute atomic E-state index is 13.0. The Kier molecular flexibility index (Phi) is 7.88. The molecule has 7 nitrogen and oxygen atoms in total. The van der Waals surface area contributed by atoms with Gasteiger partial charge in [0, 0.05) is 56.3 Å². The van der Waals surface area contributed by atoms with Crippen molar-refractivity contribution in [2.45, 2.75) is 58.5 Å². The van der Waals surface area contributed by atoms with Crippen molar-refractivity contribution >= 4 is 28.5 Å². The normalized spacial score (nSPS) is 16.5. The molecule has 3 rings (SSSR count). The molecule has 0 aliphatic carbocycles. The summed E-state index contributed by atoms with van der Waals surface area (Å²) in [7, 11) is 0. The molecule has 2 aromatic rings. The van der Waals surface area contributed by atoms with E-state index >= 15 is 0 Å². The fraction of sp³-hybridized carbons (Fsp3) is 0.565. The van der Waals surface area contributed by atoms with E-state index in [1.165, 1.54) is 18.4 Å². The van der Waals surface area contributed by atoms with Gasteiger partial charge in [0.05, 0.1) is 5.52 Å². The molecule has 0 bridgehead atoms. The number of carbonyl (C=O) groups is 2. The van der Waals surface area contributed by atoms with Crippen molar-refractivity contribution in [3.05, 3.63) is 30.0 Å². The molecule has 2 heterocycles. The molecule has 1 aromatic heterocycles. The van der Waals surface area contributed by atoms with Crippen LogP contribution >= 0.6 is 0 Å². The van der Waals surface area contributed by atoms with E-state index in [4.69, 9.17) is 9.47 Å². The van der Waals surface area contributed by atoms with Crippen LogP contribution in [0.5, 0.6) is 0 Å². The number of anilines is 1. The molecule has 1 aliphatic heterocycles. The third-order valence-corrected chi connectivity index (χ3v) is 5.70. The minimum atomic E-state index is -4.29. The van der Waals surface area contributed by atoms with Gasteiger partial charge in [-0.15, -0.1) is 0 Å². The number of rotatable bonds is 8. The number of alkyl halides is 3. The number of aryl methyl sites for hydroxylation is 1. The van der Waals surface area contributed by atoms with Crippen LogP contribution in [0.4, 0.5) is 18.9 Å². The van der Waals surface area contributed by atoms with Crippen molar-refractivity contribution in [2.75, 3.05) is 31.6 Å². The Bertz CT molecular complexity index is 981. The second-order valence-corrected chi connectivity index (χ2v) is 8.48. The third-order valence-electron chi connectivity index (χ3n) is 5.70. The van der Waals surface area contributed by atoms with Gasteiger partial charge in [-0.1, -0.05) is 6.07 Å². The second kappa shape index (κ2) is 10.5. The van der Waals surface area contributed by atoms with Gasteiger partial charge in [0.15, 0.2) is 0 Å². The number of nitrogens with one attached hydrogen (secondary N) is 1. The topological polar surface area (TPSA) is 72.8 Å². The lowest BCUT2D eigenvalue weighted by atomic mass is 10.0.